The normalized spacial score (nSPS) is 27.5. The van der Waals surface area contributed by atoms with Crippen LogP contribution >= 0.6 is 0 Å². The third kappa shape index (κ3) is 5.17. The molecule has 1 spiro atoms. The van der Waals surface area contributed by atoms with Crippen molar-refractivity contribution in [3.8, 4) is 0 Å². The van der Waals surface area contributed by atoms with E-state index in [-0.39, 0.29) is 29.2 Å². The summed E-state index contributed by atoms with van der Waals surface area (Å²) in [5.41, 5.74) is 0.481. The van der Waals surface area contributed by atoms with Crippen LogP contribution in [-0.4, -0.2) is 78.7 Å². The lowest BCUT2D eigenvalue weighted by atomic mass is 9.65. The molecule has 0 radical (unpaired) electrons. The van der Waals surface area contributed by atoms with E-state index < -0.39 is 23.7 Å². The molecule has 0 aromatic heterocycles. The Balaban J connectivity index is 1.45. The largest absolute Gasteiger partial charge is 0.467 e. The molecular weight excluding hydrogens is 446 g/mol. The van der Waals surface area contributed by atoms with Gasteiger partial charge in [-0.2, -0.15) is 0 Å². The highest BCUT2D eigenvalue weighted by atomic mass is 16.6. The SMILES string of the molecule is COC(=O)[C@@H]1C[C@H](N2CCC3(CC2)CNC(=O)C3C(C)c2ccccc2)CN1C(=O)OC(C)(C)C. The van der Waals surface area contributed by atoms with E-state index in [1.165, 1.54) is 17.6 Å². The Hall–Kier alpha value is -2.61. The number of likely N-dealkylation sites (tertiary alicyclic amines) is 2. The van der Waals surface area contributed by atoms with Crippen molar-refractivity contribution in [3.63, 3.8) is 0 Å². The Morgan fingerprint density at radius 2 is 1.80 bits per heavy atom. The van der Waals surface area contributed by atoms with Gasteiger partial charge < -0.3 is 14.8 Å². The zero-order valence-corrected chi connectivity index (χ0v) is 21.6. The van der Waals surface area contributed by atoms with Crippen molar-refractivity contribution in [1.82, 2.24) is 15.1 Å². The molecule has 3 fully saturated rings. The number of benzene rings is 1. The molecule has 8 nitrogen and oxygen atoms in total. The molecule has 0 saturated carbocycles. The number of esters is 1. The molecule has 1 aromatic rings. The van der Waals surface area contributed by atoms with Gasteiger partial charge in [-0.15, -0.1) is 0 Å². The van der Waals surface area contributed by atoms with Gasteiger partial charge >= 0.3 is 12.1 Å². The Kier molecular flexibility index (Phi) is 7.13. The van der Waals surface area contributed by atoms with Gasteiger partial charge in [-0.1, -0.05) is 37.3 Å². The number of carbonyl (C=O) groups is 3. The van der Waals surface area contributed by atoms with Crippen molar-refractivity contribution < 1.29 is 23.9 Å². The molecule has 4 rings (SSSR count). The lowest BCUT2D eigenvalue weighted by Gasteiger charge is -2.45. The van der Waals surface area contributed by atoms with Crippen LogP contribution in [0.5, 0.6) is 0 Å². The van der Waals surface area contributed by atoms with E-state index in [0.717, 1.165) is 25.9 Å². The van der Waals surface area contributed by atoms with Gasteiger partial charge in [0.1, 0.15) is 11.6 Å². The maximum atomic E-state index is 12.9. The quantitative estimate of drug-likeness (QED) is 0.659. The summed E-state index contributed by atoms with van der Waals surface area (Å²) in [5, 5.41) is 3.15. The van der Waals surface area contributed by atoms with E-state index in [9.17, 15) is 14.4 Å². The first kappa shape index (κ1) is 25.5. The average molecular weight is 486 g/mol. The van der Waals surface area contributed by atoms with Crippen LogP contribution in [0.3, 0.4) is 0 Å². The summed E-state index contributed by atoms with van der Waals surface area (Å²) in [6, 6.07) is 9.69. The second-order valence-electron chi connectivity index (χ2n) is 11.4. The van der Waals surface area contributed by atoms with Gasteiger partial charge in [0.15, 0.2) is 0 Å². The van der Waals surface area contributed by atoms with E-state index in [1.807, 2.05) is 39.0 Å². The monoisotopic (exact) mass is 485 g/mol. The molecular formula is C27H39N3O5. The van der Waals surface area contributed by atoms with Crippen molar-refractivity contribution in [2.75, 3.05) is 33.3 Å². The first-order valence-electron chi connectivity index (χ1n) is 12.7. The third-order valence-electron chi connectivity index (χ3n) is 8.07. The molecule has 1 N–H and O–H groups in total. The summed E-state index contributed by atoms with van der Waals surface area (Å²) in [4.78, 5) is 42.2. The van der Waals surface area contributed by atoms with Crippen molar-refractivity contribution in [1.29, 1.82) is 0 Å². The summed E-state index contributed by atoms with van der Waals surface area (Å²) < 4.78 is 10.6. The van der Waals surface area contributed by atoms with Gasteiger partial charge in [0.05, 0.1) is 13.0 Å². The molecule has 3 saturated heterocycles. The highest BCUT2D eigenvalue weighted by molar-refractivity contribution is 5.83. The van der Waals surface area contributed by atoms with E-state index in [1.54, 1.807) is 0 Å². The first-order valence-corrected chi connectivity index (χ1v) is 12.7. The third-order valence-corrected chi connectivity index (χ3v) is 8.07. The fraction of sp³-hybridized carbons (Fsp3) is 0.667. The van der Waals surface area contributed by atoms with Crippen molar-refractivity contribution in [2.45, 2.75) is 70.6 Å². The van der Waals surface area contributed by atoms with Crippen molar-refractivity contribution >= 4 is 18.0 Å². The molecule has 2 amide bonds. The minimum absolute atomic E-state index is 0.0547. The zero-order chi connectivity index (χ0) is 25.4. The number of nitrogens with zero attached hydrogens (tertiary/aromatic N) is 2. The van der Waals surface area contributed by atoms with Crippen LogP contribution in [0.1, 0.15) is 58.4 Å². The highest BCUT2D eigenvalue weighted by Gasteiger charge is 2.53. The van der Waals surface area contributed by atoms with E-state index >= 15 is 0 Å². The molecule has 3 aliphatic heterocycles. The highest BCUT2D eigenvalue weighted by Crippen LogP contribution is 2.48. The van der Waals surface area contributed by atoms with Crippen molar-refractivity contribution in [3.05, 3.63) is 35.9 Å². The lowest BCUT2D eigenvalue weighted by Crippen LogP contribution is -2.50. The van der Waals surface area contributed by atoms with Gasteiger partial charge in [-0.25, -0.2) is 9.59 Å². The minimum Gasteiger partial charge on any atom is -0.467 e. The van der Waals surface area contributed by atoms with Crippen molar-refractivity contribution in [2.24, 2.45) is 11.3 Å². The van der Waals surface area contributed by atoms with Crippen LogP contribution in [0, 0.1) is 11.3 Å². The molecule has 3 heterocycles. The molecule has 35 heavy (non-hydrogen) atoms. The van der Waals surface area contributed by atoms with Gasteiger partial charge in [-0.3, -0.25) is 14.6 Å². The van der Waals surface area contributed by atoms with Gasteiger partial charge in [-0.05, 0) is 64.6 Å². The number of hydrogen-bond acceptors (Lipinski definition) is 6. The second kappa shape index (κ2) is 9.80. The molecule has 0 bridgehead atoms. The predicted molar refractivity (Wildman–Crippen MR) is 132 cm³/mol. The Morgan fingerprint density at radius 1 is 1.14 bits per heavy atom. The van der Waals surface area contributed by atoms with Gasteiger partial charge in [0.25, 0.3) is 0 Å². The van der Waals surface area contributed by atoms with Crippen LogP contribution in [0.15, 0.2) is 30.3 Å². The molecule has 3 aliphatic rings. The number of methoxy groups -OCH3 is 1. The fourth-order valence-corrected chi connectivity index (χ4v) is 6.25. The van der Waals surface area contributed by atoms with Crippen LogP contribution < -0.4 is 5.32 Å². The smallest absolute Gasteiger partial charge is 0.411 e. The number of carbonyl (C=O) groups excluding carboxylic acids is 3. The minimum atomic E-state index is -0.642. The predicted octanol–water partition coefficient (Wildman–Crippen LogP) is 3.17. The summed E-state index contributed by atoms with van der Waals surface area (Å²) in [7, 11) is 1.35. The maximum absolute atomic E-state index is 12.9. The topological polar surface area (TPSA) is 88.2 Å². The number of piperidine rings is 1. The van der Waals surface area contributed by atoms with E-state index in [2.05, 4.69) is 29.3 Å². The van der Waals surface area contributed by atoms with Crippen LogP contribution in [0.4, 0.5) is 4.79 Å². The maximum Gasteiger partial charge on any atom is 0.411 e. The number of amides is 2. The van der Waals surface area contributed by atoms with Gasteiger partial charge in [0, 0.05) is 24.5 Å². The molecule has 192 valence electrons. The standard InChI is InChI=1S/C27H39N3O5/c1-18(19-9-7-6-8-10-19)22-23(31)28-17-27(22)11-13-29(14-12-27)20-15-21(24(32)34-5)30(16-20)25(33)35-26(2,3)4/h6-10,18,20-22H,11-17H2,1-5H3,(H,28,31)/t18?,20-,21-,22?/m0/s1. The average Bonchev–Trinajstić information content (AvgIpc) is 3.40. The molecule has 2 unspecified atom stereocenters. The number of hydrogen-bond donors (Lipinski definition) is 1. The Bertz CT molecular complexity index is 936. The lowest BCUT2D eigenvalue weighted by molar-refractivity contribution is -0.145. The summed E-state index contributed by atoms with van der Waals surface area (Å²) in [6.45, 7) is 10.4. The zero-order valence-electron chi connectivity index (χ0n) is 21.6. The Morgan fingerprint density at radius 3 is 2.40 bits per heavy atom. The number of rotatable bonds is 4. The van der Waals surface area contributed by atoms with E-state index in [0.29, 0.717) is 19.5 Å². The van der Waals surface area contributed by atoms with Crippen LogP contribution in [0.25, 0.3) is 0 Å². The second-order valence-corrected chi connectivity index (χ2v) is 11.4. The summed E-state index contributed by atoms with van der Waals surface area (Å²) in [6.07, 6.45) is 1.85. The fourth-order valence-electron chi connectivity index (χ4n) is 6.25. The Labute approximate surface area is 208 Å². The molecule has 0 aliphatic carbocycles. The molecule has 1 aromatic carbocycles. The molecule has 8 heteroatoms. The first-order chi connectivity index (χ1) is 16.5. The van der Waals surface area contributed by atoms with Crippen LogP contribution in [-0.2, 0) is 19.1 Å². The van der Waals surface area contributed by atoms with Gasteiger partial charge in [0.2, 0.25) is 5.91 Å². The summed E-state index contributed by atoms with van der Waals surface area (Å²) in [5.74, 6) is -0.175. The van der Waals surface area contributed by atoms with Crippen LogP contribution in [0.2, 0.25) is 0 Å². The number of nitrogens with one attached hydrogen (secondary N) is 1. The molecule has 4 atom stereocenters. The number of ether oxygens (including phenoxy) is 2. The summed E-state index contributed by atoms with van der Waals surface area (Å²) >= 11 is 0. The van der Waals surface area contributed by atoms with E-state index in [4.69, 9.17) is 9.47 Å².